The Morgan fingerprint density at radius 1 is 1.71 bits per heavy atom. The van der Waals surface area contributed by atoms with Gasteiger partial charge >= 0.3 is 6.09 Å². The topological polar surface area (TPSA) is 50.7 Å². The minimum atomic E-state index is -0.564. The van der Waals surface area contributed by atoms with E-state index < -0.39 is 6.09 Å². The molecule has 0 bridgehead atoms. The highest BCUT2D eigenvalue weighted by atomic mass is 32.2. The van der Waals surface area contributed by atoms with Gasteiger partial charge in [-0.15, -0.1) is 18.3 Å². The lowest BCUT2D eigenvalue weighted by Crippen LogP contribution is -2.20. The van der Waals surface area contributed by atoms with Gasteiger partial charge in [-0.05, 0) is 13.8 Å². The zero-order chi connectivity index (χ0) is 11.0. The fourth-order valence-electron chi connectivity index (χ4n) is 0.558. The minimum absolute atomic E-state index is 0.164. The van der Waals surface area contributed by atoms with Gasteiger partial charge in [0.1, 0.15) is 0 Å². The van der Waals surface area contributed by atoms with Crippen LogP contribution in [-0.4, -0.2) is 29.9 Å². The van der Waals surface area contributed by atoms with Gasteiger partial charge in [-0.1, -0.05) is 11.2 Å². The predicted molar refractivity (Wildman–Crippen MR) is 60.8 cm³/mol. The highest BCUT2D eigenvalue weighted by molar-refractivity contribution is 8.01. The van der Waals surface area contributed by atoms with Crippen LogP contribution in [0.4, 0.5) is 4.79 Å². The first-order chi connectivity index (χ1) is 6.52. The van der Waals surface area contributed by atoms with Crippen molar-refractivity contribution >= 4 is 24.1 Å². The van der Waals surface area contributed by atoms with Crippen LogP contribution in [0.1, 0.15) is 13.8 Å². The molecule has 5 heteroatoms. The highest BCUT2D eigenvalue weighted by Crippen LogP contribution is 2.21. The molecule has 0 saturated carbocycles. The Labute approximate surface area is 88.8 Å². The number of thioether (sulfide) groups is 1. The average Bonchev–Trinajstić information content (AvgIpc) is 2.14. The molecule has 0 aromatic heterocycles. The molecule has 0 spiro atoms. The van der Waals surface area contributed by atoms with Crippen molar-refractivity contribution in [1.29, 1.82) is 0 Å². The summed E-state index contributed by atoms with van der Waals surface area (Å²) in [5.41, 5.74) is 0. The van der Waals surface area contributed by atoms with Gasteiger partial charge in [-0.2, -0.15) is 0 Å². The van der Waals surface area contributed by atoms with Crippen LogP contribution >= 0.6 is 11.8 Å². The lowest BCUT2D eigenvalue weighted by Gasteiger charge is -2.16. The number of rotatable bonds is 5. The summed E-state index contributed by atoms with van der Waals surface area (Å²) in [5.74, 6) is 0.832. The number of carbonyl (C=O) groups excluding carboxylic acids is 1. The maximum atomic E-state index is 10.6. The quantitative estimate of drug-likeness (QED) is 0.331. The van der Waals surface area contributed by atoms with Gasteiger partial charge in [0, 0.05) is 17.5 Å². The Hall–Kier alpha value is -0.970. The molecule has 0 rings (SSSR count). The molecule has 0 saturated heterocycles. The normalized spacial score (nSPS) is 11.4. The summed E-state index contributed by atoms with van der Waals surface area (Å²) in [7, 11) is 1.48. The molecule has 0 aliphatic rings. The van der Waals surface area contributed by atoms with Gasteiger partial charge in [0.15, 0.2) is 0 Å². The molecule has 0 heterocycles. The first-order valence-corrected chi connectivity index (χ1v) is 5.18. The van der Waals surface area contributed by atoms with Crippen molar-refractivity contribution in [2.24, 2.45) is 5.16 Å². The van der Waals surface area contributed by atoms with E-state index in [4.69, 9.17) is 0 Å². The molecule has 4 nitrogen and oxygen atoms in total. The van der Waals surface area contributed by atoms with Crippen LogP contribution in [0.25, 0.3) is 0 Å². The molecule has 0 aromatic rings. The summed E-state index contributed by atoms with van der Waals surface area (Å²) in [5, 5.41) is 5.87. The van der Waals surface area contributed by atoms with Crippen molar-refractivity contribution in [1.82, 2.24) is 5.32 Å². The molecule has 0 aromatic carbocycles. The van der Waals surface area contributed by atoms with E-state index >= 15 is 0 Å². The summed E-state index contributed by atoms with van der Waals surface area (Å²) in [6.45, 7) is 7.59. The SMILES string of the molecule is C=CCSC(C)(C)/C=N/OC(=O)NC. The Bertz CT molecular complexity index is 227. The fourth-order valence-corrected chi connectivity index (χ4v) is 1.22. The molecule has 0 aliphatic carbocycles. The number of carbonyl (C=O) groups is 1. The molecule has 0 aliphatic heterocycles. The Kier molecular flexibility index (Phi) is 6.03. The second-order valence-electron chi connectivity index (χ2n) is 3.07. The molecule has 80 valence electrons. The third-order valence-corrected chi connectivity index (χ3v) is 2.53. The monoisotopic (exact) mass is 216 g/mol. The van der Waals surface area contributed by atoms with E-state index in [1.54, 1.807) is 18.0 Å². The third kappa shape index (κ3) is 6.54. The average molecular weight is 216 g/mol. The number of hydrogen-bond donors (Lipinski definition) is 1. The number of nitrogens with zero attached hydrogens (tertiary/aromatic N) is 1. The lowest BCUT2D eigenvalue weighted by molar-refractivity contribution is 0.153. The van der Waals surface area contributed by atoms with Gasteiger partial charge in [0.2, 0.25) is 0 Å². The maximum absolute atomic E-state index is 10.6. The van der Waals surface area contributed by atoms with Crippen LogP contribution in [0, 0.1) is 0 Å². The Morgan fingerprint density at radius 3 is 2.86 bits per heavy atom. The van der Waals surface area contributed by atoms with Crippen molar-refractivity contribution < 1.29 is 9.63 Å². The van der Waals surface area contributed by atoms with Crippen molar-refractivity contribution in [2.75, 3.05) is 12.8 Å². The van der Waals surface area contributed by atoms with Crippen LogP contribution in [-0.2, 0) is 4.84 Å². The van der Waals surface area contributed by atoms with E-state index in [1.165, 1.54) is 7.05 Å². The van der Waals surface area contributed by atoms with Crippen molar-refractivity contribution in [3.8, 4) is 0 Å². The molecule has 1 amide bonds. The highest BCUT2D eigenvalue weighted by Gasteiger charge is 2.14. The summed E-state index contributed by atoms with van der Waals surface area (Å²) < 4.78 is -0.164. The van der Waals surface area contributed by atoms with E-state index in [9.17, 15) is 4.79 Å². The lowest BCUT2D eigenvalue weighted by atomic mass is 10.2. The first-order valence-electron chi connectivity index (χ1n) is 4.20. The van der Waals surface area contributed by atoms with Crippen molar-refractivity contribution in [3.63, 3.8) is 0 Å². The van der Waals surface area contributed by atoms with Crippen LogP contribution in [0.15, 0.2) is 17.8 Å². The molecule has 0 unspecified atom stereocenters. The predicted octanol–water partition coefficient (Wildman–Crippen LogP) is 2.03. The molecule has 14 heavy (non-hydrogen) atoms. The Balaban J connectivity index is 3.93. The summed E-state index contributed by atoms with van der Waals surface area (Å²) in [6.07, 6.45) is 2.85. The van der Waals surface area contributed by atoms with E-state index in [2.05, 4.69) is 21.9 Å². The van der Waals surface area contributed by atoms with Gasteiger partial charge < -0.3 is 5.32 Å². The van der Waals surface area contributed by atoms with Gasteiger partial charge in [-0.25, -0.2) is 4.79 Å². The van der Waals surface area contributed by atoms with Gasteiger partial charge in [-0.3, -0.25) is 4.84 Å². The standard InChI is InChI=1S/C9H16N2O2S/c1-5-6-14-9(2,3)7-11-13-8(12)10-4/h5,7H,1,6H2,2-4H3,(H,10,12)/b11-7+. The number of hydrogen-bond acceptors (Lipinski definition) is 4. The van der Waals surface area contributed by atoms with E-state index in [1.807, 2.05) is 19.9 Å². The number of nitrogens with one attached hydrogen (secondary N) is 1. The first kappa shape index (κ1) is 13.0. The van der Waals surface area contributed by atoms with E-state index in [0.717, 1.165) is 5.75 Å². The zero-order valence-electron chi connectivity index (χ0n) is 8.74. The summed E-state index contributed by atoms with van der Waals surface area (Å²) >= 11 is 1.66. The largest absolute Gasteiger partial charge is 0.433 e. The maximum Gasteiger partial charge on any atom is 0.433 e. The molecule has 0 fully saturated rings. The smallest absolute Gasteiger partial charge is 0.323 e. The van der Waals surface area contributed by atoms with Crippen LogP contribution < -0.4 is 5.32 Å². The van der Waals surface area contributed by atoms with Crippen molar-refractivity contribution in [3.05, 3.63) is 12.7 Å². The second kappa shape index (κ2) is 6.48. The Morgan fingerprint density at radius 2 is 2.36 bits per heavy atom. The molecule has 1 N–H and O–H groups in total. The van der Waals surface area contributed by atoms with Gasteiger partial charge in [0.25, 0.3) is 0 Å². The molecule has 0 radical (unpaired) electrons. The second-order valence-corrected chi connectivity index (χ2v) is 4.74. The molecule has 0 atom stereocenters. The minimum Gasteiger partial charge on any atom is -0.323 e. The summed E-state index contributed by atoms with van der Waals surface area (Å²) in [6, 6.07) is 0. The van der Waals surface area contributed by atoms with Crippen LogP contribution in [0.5, 0.6) is 0 Å². The zero-order valence-corrected chi connectivity index (χ0v) is 9.56. The molecular weight excluding hydrogens is 200 g/mol. The summed E-state index contributed by atoms with van der Waals surface area (Å²) in [4.78, 5) is 15.1. The van der Waals surface area contributed by atoms with Crippen LogP contribution in [0.2, 0.25) is 0 Å². The fraction of sp³-hybridized carbons (Fsp3) is 0.556. The van der Waals surface area contributed by atoms with Crippen molar-refractivity contribution in [2.45, 2.75) is 18.6 Å². The molecular formula is C9H16N2O2S. The third-order valence-electron chi connectivity index (χ3n) is 1.28. The number of oxime groups is 1. The van der Waals surface area contributed by atoms with E-state index in [0.29, 0.717) is 0 Å². The van der Waals surface area contributed by atoms with Crippen LogP contribution in [0.3, 0.4) is 0 Å². The van der Waals surface area contributed by atoms with E-state index in [-0.39, 0.29) is 4.75 Å². The number of amides is 1. The van der Waals surface area contributed by atoms with Gasteiger partial charge in [0.05, 0.1) is 6.21 Å².